The normalized spacial score (nSPS) is 13.1. The quantitative estimate of drug-likeness (QED) is 0.810. The molecule has 19 heavy (non-hydrogen) atoms. The van der Waals surface area contributed by atoms with Gasteiger partial charge in [-0.1, -0.05) is 12.1 Å². The number of alkyl halides is 3. The van der Waals surface area contributed by atoms with E-state index >= 15 is 0 Å². The molecule has 0 saturated carbocycles. The molecular formula is C12H14F4N2O. The number of rotatable bonds is 5. The second-order valence-corrected chi connectivity index (χ2v) is 4.05. The van der Waals surface area contributed by atoms with Crippen LogP contribution in [0.25, 0.3) is 0 Å². The third-order valence-corrected chi connectivity index (χ3v) is 2.42. The van der Waals surface area contributed by atoms with Crippen LogP contribution < -0.4 is 10.6 Å². The smallest absolute Gasteiger partial charge is 0.346 e. The predicted octanol–water partition coefficient (Wildman–Crippen LogP) is 2.15. The fourth-order valence-electron chi connectivity index (χ4n) is 1.38. The van der Waals surface area contributed by atoms with E-state index in [9.17, 15) is 22.4 Å². The lowest BCUT2D eigenvalue weighted by atomic mass is 10.1. The third-order valence-electron chi connectivity index (χ3n) is 2.42. The van der Waals surface area contributed by atoms with Crippen molar-refractivity contribution in [3.8, 4) is 0 Å². The molecule has 0 spiro atoms. The van der Waals surface area contributed by atoms with Crippen molar-refractivity contribution in [3.05, 3.63) is 35.6 Å². The Kier molecular flexibility index (Phi) is 5.29. The van der Waals surface area contributed by atoms with Crippen LogP contribution in [0.3, 0.4) is 0 Å². The summed E-state index contributed by atoms with van der Waals surface area (Å²) >= 11 is 0. The van der Waals surface area contributed by atoms with Crippen molar-refractivity contribution in [1.29, 1.82) is 0 Å². The first kappa shape index (κ1) is 15.4. The minimum Gasteiger partial charge on any atom is -0.346 e. The van der Waals surface area contributed by atoms with Gasteiger partial charge in [0, 0.05) is 6.04 Å². The lowest BCUT2D eigenvalue weighted by molar-refractivity contribution is -0.137. The highest BCUT2D eigenvalue weighted by atomic mass is 19.4. The van der Waals surface area contributed by atoms with Gasteiger partial charge in [-0.05, 0) is 24.6 Å². The molecule has 1 amide bonds. The molecule has 0 heterocycles. The molecule has 2 N–H and O–H groups in total. The molecule has 1 aromatic carbocycles. The summed E-state index contributed by atoms with van der Waals surface area (Å²) in [7, 11) is 0. The standard InChI is InChI=1S/C12H14F4N2O/c1-8(9-2-4-10(13)5-3-9)17-6-11(19)18-7-12(14,15)16/h2-5,8,17H,6-7H2,1H3,(H,18,19)/t8-/m1/s1. The van der Waals surface area contributed by atoms with E-state index < -0.39 is 18.6 Å². The van der Waals surface area contributed by atoms with Crippen molar-refractivity contribution in [2.24, 2.45) is 0 Å². The van der Waals surface area contributed by atoms with Crippen LogP contribution in [-0.2, 0) is 4.79 Å². The second-order valence-electron chi connectivity index (χ2n) is 4.05. The first-order valence-electron chi connectivity index (χ1n) is 5.60. The summed E-state index contributed by atoms with van der Waals surface area (Å²) in [4.78, 5) is 11.1. The highest BCUT2D eigenvalue weighted by Crippen LogP contribution is 2.13. The van der Waals surface area contributed by atoms with Gasteiger partial charge in [0.05, 0.1) is 6.54 Å². The molecule has 0 saturated heterocycles. The fraction of sp³-hybridized carbons (Fsp3) is 0.417. The highest BCUT2D eigenvalue weighted by Gasteiger charge is 2.27. The Morgan fingerprint density at radius 1 is 1.26 bits per heavy atom. The summed E-state index contributed by atoms with van der Waals surface area (Å²) in [5.74, 6) is -1.12. The molecule has 7 heteroatoms. The van der Waals surface area contributed by atoms with Gasteiger partial charge < -0.3 is 10.6 Å². The molecule has 0 fully saturated rings. The molecule has 3 nitrogen and oxygen atoms in total. The van der Waals surface area contributed by atoms with E-state index in [1.54, 1.807) is 24.4 Å². The maximum absolute atomic E-state index is 12.7. The fourth-order valence-corrected chi connectivity index (χ4v) is 1.38. The topological polar surface area (TPSA) is 41.1 Å². The van der Waals surface area contributed by atoms with E-state index in [0.717, 1.165) is 5.56 Å². The maximum Gasteiger partial charge on any atom is 0.405 e. The molecule has 106 valence electrons. The number of halogens is 4. The van der Waals surface area contributed by atoms with Gasteiger partial charge in [-0.2, -0.15) is 13.2 Å². The van der Waals surface area contributed by atoms with Gasteiger partial charge in [0.15, 0.2) is 0 Å². The summed E-state index contributed by atoms with van der Waals surface area (Å²) in [6.45, 7) is 0.136. The van der Waals surface area contributed by atoms with E-state index in [-0.39, 0.29) is 18.4 Å². The number of benzene rings is 1. The summed E-state index contributed by atoms with van der Waals surface area (Å²) in [5, 5.41) is 4.50. The summed E-state index contributed by atoms with van der Waals surface area (Å²) in [5.41, 5.74) is 0.741. The number of hydrogen-bond acceptors (Lipinski definition) is 2. The summed E-state index contributed by atoms with van der Waals surface area (Å²) < 4.78 is 48.2. The molecule has 0 bridgehead atoms. The van der Waals surface area contributed by atoms with E-state index in [1.807, 2.05) is 0 Å². The zero-order chi connectivity index (χ0) is 14.5. The molecule has 1 aromatic rings. The number of amides is 1. The molecule has 0 unspecified atom stereocenters. The van der Waals surface area contributed by atoms with E-state index in [0.29, 0.717) is 0 Å². The Balaban J connectivity index is 2.35. The number of hydrogen-bond donors (Lipinski definition) is 2. The molecular weight excluding hydrogens is 264 g/mol. The molecule has 0 aliphatic carbocycles. The minimum atomic E-state index is -4.42. The van der Waals surface area contributed by atoms with Gasteiger partial charge in [-0.3, -0.25) is 4.79 Å². The lowest BCUT2D eigenvalue weighted by Gasteiger charge is -2.14. The van der Waals surface area contributed by atoms with Gasteiger partial charge in [-0.25, -0.2) is 4.39 Å². The van der Waals surface area contributed by atoms with Crippen LogP contribution in [0, 0.1) is 5.82 Å². The van der Waals surface area contributed by atoms with E-state index in [2.05, 4.69) is 5.32 Å². The lowest BCUT2D eigenvalue weighted by Crippen LogP contribution is -2.39. The number of carbonyl (C=O) groups excluding carboxylic acids is 1. The monoisotopic (exact) mass is 278 g/mol. The average molecular weight is 278 g/mol. The van der Waals surface area contributed by atoms with Crippen LogP contribution >= 0.6 is 0 Å². The van der Waals surface area contributed by atoms with Crippen LogP contribution in [0.1, 0.15) is 18.5 Å². The van der Waals surface area contributed by atoms with Gasteiger partial charge in [0.25, 0.3) is 0 Å². The minimum absolute atomic E-state index is 0.241. The Labute approximate surface area is 108 Å². The van der Waals surface area contributed by atoms with Crippen molar-refractivity contribution < 1.29 is 22.4 Å². The SMILES string of the molecule is C[C@@H](NCC(=O)NCC(F)(F)F)c1ccc(F)cc1. The second kappa shape index (κ2) is 6.51. The molecule has 0 aliphatic heterocycles. The molecule has 1 atom stereocenters. The summed E-state index contributed by atoms with van der Waals surface area (Å²) in [6.07, 6.45) is -4.42. The van der Waals surface area contributed by atoms with Crippen molar-refractivity contribution in [1.82, 2.24) is 10.6 Å². The van der Waals surface area contributed by atoms with Crippen LogP contribution in [-0.4, -0.2) is 25.2 Å². The van der Waals surface area contributed by atoms with Gasteiger partial charge in [0.1, 0.15) is 12.4 Å². The zero-order valence-electron chi connectivity index (χ0n) is 10.2. The molecule has 1 rings (SSSR count). The van der Waals surface area contributed by atoms with E-state index in [1.165, 1.54) is 12.1 Å². The van der Waals surface area contributed by atoms with Crippen molar-refractivity contribution >= 4 is 5.91 Å². The van der Waals surface area contributed by atoms with Crippen LogP contribution in [0.5, 0.6) is 0 Å². The average Bonchev–Trinajstić information content (AvgIpc) is 2.33. The Morgan fingerprint density at radius 2 is 1.84 bits per heavy atom. The Morgan fingerprint density at radius 3 is 2.37 bits per heavy atom. The van der Waals surface area contributed by atoms with Gasteiger partial charge in [-0.15, -0.1) is 0 Å². The van der Waals surface area contributed by atoms with Crippen molar-refractivity contribution in [3.63, 3.8) is 0 Å². The number of carbonyl (C=O) groups is 1. The molecule has 0 aromatic heterocycles. The van der Waals surface area contributed by atoms with Crippen molar-refractivity contribution in [2.75, 3.05) is 13.1 Å². The maximum atomic E-state index is 12.7. The first-order chi connectivity index (χ1) is 8.78. The van der Waals surface area contributed by atoms with E-state index in [4.69, 9.17) is 0 Å². The number of nitrogens with one attached hydrogen (secondary N) is 2. The van der Waals surface area contributed by atoms with Crippen LogP contribution in [0.4, 0.5) is 17.6 Å². The highest BCUT2D eigenvalue weighted by molar-refractivity contribution is 5.78. The Hall–Kier alpha value is -1.63. The van der Waals surface area contributed by atoms with Crippen molar-refractivity contribution in [2.45, 2.75) is 19.1 Å². The van der Waals surface area contributed by atoms with Crippen LogP contribution in [0.2, 0.25) is 0 Å². The summed E-state index contributed by atoms with van der Waals surface area (Å²) in [6, 6.07) is 5.37. The van der Waals surface area contributed by atoms with Crippen LogP contribution in [0.15, 0.2) is 24.3 Å². The molecule has 0 aliphatic rings. The largest absolute Gasteiger partial charge is 0.405 e. The Bertz CT molecular complexity index is 417. The first-order valence-corrected chi connectivity index (χ1v) is 5.60. The third kappa shape index (κ3) is 6.19. The van der Waals surface area contributed by atoms with Gasteiger partial charge >= 0.3 is 6.18 Å². The predicted molar refractivity (Wildman–Crippen MR) is 61.9 cm³/mol. The van der Waals surface area contributed by atoms with Gasteiger partial charge in [0.2, 0.25) is 5.91 Å². The molecule has 0 radical (unpaired) electrons. The zero-order valence-corrected chi connectivity index (χ0v) is 10.2.